The minimum absolute atomic E-state index is 0.199. The molecule has 0 saturated heterocycles. The average Bonchev–Trinajstić information content (AvgIpc) is 2.19. The van der Waals surface area contributed by atoms with Gasteiger partial charge in [-0.1, -0.05) is 17.2 Å². The second kappa shape index (κ2) is 4.36. The summed E-state index contributed by atoms with van der Waals surface area (Å²) in [6.07, 6.45) is 0. The normalized spacial score (nSPS) is 11.8. The number of rotatable bonds is 3. The number of azide groups is 1. The van der Waals surface area contributed by atoms with Gasteiger partial charge in [-0.05, 0) is 11.6 Å². The zero-order valence-electron chi connectivity index (χ0n) is 7.20. The number of aliphatic hydroxyl groups is 1. The van der Waals surface area contributed by atoms with Crippen LogP contribution in [0.2, 0.25) is 0 Å². The minimum atomic E-state index is -0.882. The Morgan fingerprint density at radius 1 is 1.43 bits per heavy atom. The second-order valence-corrected chi connectivity index (χ2v) is 2.62. The first-order valence-electron chi connectivity index (χ1n) is 3.86. The summed E-state index contributed by atoms with van der Waals surface area (Å²) in [5, 5.41) is 30.7. The molecule has 3 N–H and O–H groups in total. The molecule has 1 aromatic rings. The Morgan fingerprint density at radius 2 is 2.14 bits per heavy atom. The van der Waals surface area contributed by atoms with Crippen molar-refractivity contribution in [3.8, 4) is 11.5 Å². The van der Waals surface area contributed by atoms with Crippen molar-refractivity contribution in [2.45, 2.75) is 6.04 Å². The maximum absolute atomic E-state index is 9.38. The highest BCUT2D eigenvalue weighted by atomic mass is 16.3. The molecule has 6 heteroatoms. The van der Waals surface area contributed by atoms with Crippen molar-refractivity contribution in [1.82, 2.24) is 0 Å². The zero-order valence-corrected chi connectivity index (χ0v) is 7.20. The Bertz CT molecular complexity index is 374. The number of nitrogens with zero attached hydrogens (tertiary/aromatic N) is 3. The molecule has 0 bridgehead atoms. The molecule has 1 unspecified atom stereocenters. The topological polar surface area (TPSA) is 109 Å². The van der Waals surface area contributed by atoms with Gasteiger partial charge in [-0.3, -0.25) is 0 Å². The molecule has 0 fully saturated rings. The van der Waals surface area contributed by atoms with Gasteiger partial charge in [0.2, 0.25) is 0 Å². The molecule has 1 rings (SSSR count). The predicted octanol–water partition coefficient (Wildman–Crippen LogP) is 1.44. The molecule has 1 atom stereocenters. The van der Waals surface area contributed by atoms with Gasteiger partial charge in [-0.2, -0.15) is 0 Å². The fourth-order valence-corrected chi connectivity index (χ4v) is 1.08. The van der Waals surface area contributed by atoms with Crippen LogP contribution in [0.3, 0.4) is 0 Å². The summed E-state index contributed by atoms with van der Waals surface area (Å²) in [5.41, 5.74) is 8.39. The molecular formula is C8H9N3O3. The molecule has 6 nitrogen and oxygen atoms in total. The van der Waals surface area contributed by atoms with E-state index < -0.39 is 12.6 Å². The summed E-state index contributed by atoms with van der Waals surface area (Å²) in [7, 11) is 0. The van der Waals surface area contributed by atoms with E-state index in [1.165, 1.54) is 18.2 Å². The van der Waals surface area contributed by atoms with E-state index in [0.717, 1.165) is 0 Å². The number of aliphatic hydroxyl groups excluding tert-OH is 1. The number of hydrogen-bond acceptors (Lipinski definition) is 4. The lowest BCUT2D eigenvalue weighted by Gasteiger charge is -2.10. The van der Waals surface area contributed by atoms with Crippen LogP contribution in [0.4, 0.5) is 0 Å². The summed E-state index contributed by atoms with van der Waals surface area (Å²) in [6, 6.07) is 3.36. The molecule has 74 valence electrons. The fourth-order valence-electron chi connectivity index (χ4n) is 1.08. The molecular weight excluding hydrogens is 186 g/mol. The quantitative estimate of drug-likeness (QED) is 0.293. The van der Waals surface area contributed by atoms with E-state index in [-0.39, 0.29) is 17.1 Å². The predicted molar refractivity (Wildman–Crippen MR) is 48.7 cm³/mol. The molecule has 0 spiro atoms. The zero-order chi connectivity index (χ0) is 10.6. The van der Waals surface area contributed by atoms with Gasteiger partial charge in [-0.25, -0.2) is 0 Å². The molecule has 14 heavy (non-hydrogen) atoms. The first-order chi connectivity index (χ1) is 6.70. The van der Waals surface area contributed by atoms with Crippen molar-refractivity contribution >= 4 is 0 Å². The SMILES string of the molecule is [N-]=[N+]=NC(CO)c1cccc(O)c1O. The van der Waals surface area contributed by atoms with Crippen molar-refractivity contribution in [3.63, 3.8) is 0 Å². The third kappa shape index (κ3) is 1.87. The van der Waals surface area contributed by atoms with E-state index in [4.69, 9.17) is 15.7 Å². The third-order valence-electron chi connectivity index (χ3n) is 1.77. The van der Waals surface area contributed by atoms with Crippen molar-refractivity contribution in [2.75, 3.05) is 6.61 Å². The molecule has 0 aliphatic heterocycles. The first kappa shape index (κ1) is 10.2. The van der Waals surface area contributed by atoms with Crippen molar-refractivity contribution in [1.29, 1.82) is 0 Å². The van der Waals surface area contributed by atoms with Gasteiger partial charge in [0.1, 0.15) is 0 Å². The van der Waals surface area contributed by atoms with Crippen LogP contribution < -0.4 is 0 Å². The number of para-hydroxylation sites is 1. The second-order valence-electron chi connectivity index (χ2n) is 2.62. The van der Waals surface area contributed by atoms with E-state index in [2.05, 4.69) is 10.0 Å². The van der Waals surface area contributed by atoms with Crippen LogP contribution in [-0.4, -0.2) is 21.9 Å². The molecule has 1 aromatic carbocycles. The number of aromatic hydroxyl groups is 2. The highest BCUT2D eigenvalue weighted by Crippen LogP contribution is 2.33. The van der Waals surface area contributed by atoms with E-state index in [1.54, 1.807) is 0 Å². The Morgan fingerprint density at radius 3 is 2.71 bits per heavy atom. The molecule has 0 radical (unpaired) electrons. The molecule has 0 heterocycles. The summed E-state index contributed by atoms with van der Waals surface area (Å²) < 4.78 is 0. The smallest absolute Gasteiger partial charge is 0.161 e. The monoisotopic (exact) mass is 195 g/mol. The van der Waals surface area contributed by atoms with Gasteiger partial charge in [0.05, 0.1) is 12.6 Å². The largest absolute Gasteiger partial charge is 0.504 e. The van der Waals surface area contributed by atoms with Crippen molar-refractivity contribution < 1.29 is 15.3 Å². The van der Waals surface area contributed by atoms with Crippen molar-refractivity contribution in [2.24, 2.45) is 5.11 Å². The molecule has 0 amide bonds. The van der Waals surface area contributed by atoms with E-state index in [9.17, 15) is 5.11 Å². The molecule has 0 aliphatic carbocycles. The van der Waals surface area contributed by atoms with Crippen LogP contribution in [0.1, 0.15) is 11.6 Å². The number of phenols is 2. The Balaban J connectivity index is 3.16. The Kier molecular flexibility index (Phi) is 3.17. The van der Waals surface area contributed by atoms with Gasteiger partial charge in [0, 0.05) is 10.5 Å². The van der Waals surface area contributed by atoms with Crippen LogP contribution in [0.5, 0.6) is 11.5 Å². The number of hydrogen-bond donors (Lipinski definition) is 3. The molecule has 0 aliphatic rings. The van der Waals surface area contributed by atoms with Crippen LogP contribution in [0.25, 0.3) is 10.4 Å². The van der Waals surface area contributed by atoms with Gasteiger partial charge in [0.25, 0.3) is 0 Å². The van der Waals surface area contributed by atoms with E-state index in [0.29, 0.717) is 0 Å². The van der Waals surface area contributed by atoms with Crippen LogP contribution in [-0.2, 0) is 0 Å². The van der Waals surface area contributed by atoms with E-state index in [1.807, 2.05) is 0 Å². The molecule has 0 saturated carbocycles. The van der Waals surface area contributed by atoms with Crippen LogP contribution >= 0.6 is 0 Å². The number of benzene rings is 1. The van der Waals surface area contributed by atoms with E-state index >= 15 is 0 Å². The fraction of sp³-hybridized carbons (Fsp3) is 0.250. The van der Waals surface area contributed by atoms with Gasteiger partial charge in [-0.15, -0.1) is 0 Å². The maximum Gasteiger partial charge on any atom is 0.161 e. The van der Waals surface area contributed by atoms with Crippen LogP contribution in [0.15, 0.2) is 23.3 Å². The van der Waals surface area contributed by atoms with Gasteiger partial charge in [0.15, 0.2) is 11.5 Å². The lowest BCUT2D eigenvalue weighted by Crippen LogP contribution is -2.00. The average molecular weight is 195 g/mol. The Labute approximate surface area is 79.7 Å². The maximum atomic E-state index is 9.38. The molecule has 0 aromatic heterocycles. The summed E-state index contributed by atoms with van der Waals surface area (Å²) in [6.45, 7) is -0.429. The lowest BCUT2D eigenvalue weighted by atomic mass is 10.1. The highest BCUT2D eigenvalue weighted by molar-refractivity contribution is 5.45. The van der Waals surface area contributed by atoms with Crippen molar-refractivity contribution in [3.05, 3.63) is 34.2 Å². The van der Waals surface area contributed by atoms with Gasteiger partial charge >= 0.3 is 0 Å². The Hall–Kier alpha value is -1.91. The highest BCUT2D eigenvalue weighted by Gasteiger charge is 2.14. The standard InChI is InChI=1S/C8H9N3O3/c9-11-10-6(4-12)5-2-1-3-7(13)8(5)14/h1-3,6,12-14H,4H2. The van der Waals surface area contributed by atoms with Gasteiger partial charge < -0.3 is 15.3 Å². The number of phenolic OH excluding ortho intramolecular Hbond substituents is 2. The van der Waals surface area contributed by atoms with Crippen LogP contribution in [0, 0.1) is 0 Å². The summed E-state index contributed by atoms with van der Waals surface area (Å²) in [4.78, 5) is 2.53. The lowest BCUT2D eigenvalue weighted by molar-refractivity contribution is 0.264. The first-order valence-corrected chi connectivity index (χ1v) is 3.86. The summed E-state index contributed by atoms with van der Waals surface area (Å²) >= 11 is 0. The summed E-state index contributed by atoms with van der Waals surface area (Å²) in [5.74, 6) is -0.687. The third-order valence-corrected chi connectivity index (χ3v) is 1.77. The minimum Gasteiger partial charge on any atom is -0.504 e.